The zero-order valence-corrected chi connectivity index (χ0v) is 15.4. The minimum Gasteiger partial charge on any atom is -0.486 e. The maximum absolute atomic E-state index is 12.9. The number of aromatic nitrogens is 3. The van der Waals surface area contributed by atoms with Crippen molar-refractivity contribution in [3.8, 4) is 5.75 Å². The van der Waals surface area contributed by atoms with Gasteiger partial charge in [-0.25, -0.2) is 9.07 Å². The molecule has 0 bridgehead atoms. The van der Waals surface area contributed by atoms with Crippen LogP contribution < -0.4 is 15.9 Å². The number of carbonyl (C=O) groups excluding carboxylic acids is 1. The lowest BCUT2D eigenvalue weighted by atomic mass is 10.2. The molecule has 0 atom stereocenters. The molecule has 3 N–H and O–H groups in total. The fourth-order valence-corrected chi connectivity index (χ4v) is 2.82. The van der Waals surface area contributed by atoms with Crippen LogP contribution in [0.25, 0.3) is 0 Å². The zero-order chi connectivity index (χ0) is 19.2. The van der Waals surface area contributed by atoms with E-state index >= 15 is 0 Å². The highest BCUT2D eigenvalue weighted by Gasteiger charge is 2.13. The highest BCUT2D eigenvalue weighted by molar-refractivity contribution is 7.99. The second-order valence-electron chi connectivity index (χ2n) is 5.71. The van der Waals surface area contributed by atoms with E-state index in [0.717, 1.165) is 11.3 Å². The fraction of sp³-hybridized carbons (Fsp3) is 0.167. The number of hydrogen-bond acceptors (Lipinski definition) is 6. The van der Waals surface area contributed by atoms with Crippen LogP contribution in [0.2, 0.25) is 0 Å². The van der Waals surface area contributed by atoms with Gasteiger partial charge in [0.2, 0.25) is 11.1 Å². The number of nitrogens with zero attached hydrogens (tertiary/aromatic N) is 3. The molecule has 140 valence electrons. The van der Waals surface area contributed by atoms with Gasteiger partial charge in [0.25, 0.3) is 0 Å². The van der Waals surface area contributed by atoms with Crippen LogP contribution in [0.4, 0.5) is 10.1 Å². The molecule has 1 heterocycles. The number of nitrogens with two attached hydrogens (primary N) is 1. The van der Waals surface area contributed by atoms with Crippen molar-refractivity contribution in [1.82, 2.24) is 14.9 Å². The van der Waals surface area contributed by atoms with Crippen LogP contribution in [0.3, 0.4) is 0 Å². The molecule has 2 aromatic carbocycles. The molecule has 0 unspecified atom stereocenters. The number of anilines is 1. The number of aryl methyl sites for hydroxylation is 1. The summed E-state index contributed by atoms with van der Waals surface area (Å²) in [5.41, 5.74) is 1.85. The molecule has 0 aliphatic heterocycles. The quantitative estimate of drug-likeness (QED) is 0.478. The Hall–Kier alpha value is -3.07. The molecule has 1 amide bonds. The highest BCUT2D eigenvalue weighted by atomic mass is 32.2. The molecule has 27 heavy (non-hydrogen) atoms. The van der Waals surface area contributed by atoms with Gasteiger partial charge in [-0.15, -0.1) is 10.2 Å². The minimum atomic E-state index is -0.341. The summed E-state index contributed by atoms with van der Waals surface area (Å²) in [4.78, 5) is 12.0. The number of carbonyl (C=O) groups is 1. The summed E-state index contributed by atoms with van der Waals surface area (Å²) in [7, 11) is 0. The van der Waals surface area contributed by atoms with E-state index in [0.29, 0.717) is 16.7 Å². The van der Waals surface area contributed by atoms with Crippen LogP contribution in [0, 0.1) is 12.7 Å². The fourth-order valence-electron chi connectivity index (χ4n) is 2.15. The number of hydrogen-bond donors (Lipinski definition) is 2. The second kappa shape index (κ2) is 8.54. The number of amides is 1. The van der Waals surface area contributed by atoms with Gasteiger partial charge in [-0.3, -0.25) is 4.79 Å². The molecule has 1 aromatic heterocycles. The van der Waals surface area contributed by atoms with Gasteiger partial charge < -0.3 is 15.9 Å². The number of thioether (sulfide) groups is 1. The minimum absolute atomic E-state index is 0.0747. The van der Waals surface area contributed by atoms with E-state index in [9.17, 15) is 9.18 Å². The van der Waals surface area contributed by atoms with E-state index in [1.54, 1.807) is 0 Å². The van der Waals surface area contributed by atoms with Crippen LogP contribution >= 0.6 is 11.8 Å². The summed E-state index contributed by atoms with van der Waals surface area (Å²) in [5.74, 6) is 6.46. The molecule has 0 fully saturated rings. The van der Waals surface area contributed by atoms with Crippen molar-refractivity contribution >= 4 is 23.4 Å². The summed E-state index contributed by atoms with van der Waals surface area (Å²) >= 11 is 1.17. The number of ether oxygens (including phenoxy) is 1. The monoisotopic (exact) mass is 387 g/mol. The van der Waals surface area contributed by atoms with E-state index < -0.39 is 0 Å². The van der Waals surface area contributed by atoms with Gasteiger partial charge in [-0.05, 0) is 43.3 Å². The van der Waals surface area contributed by atoms with E-state index in [1.807, 2.05) is 31.2 Å². The lowest BCUT2D eigenvalue weighted by Gasteiger charge is -2.07. The Morgan fingerprint density at radius 1 is 1.19 bits per heavy atom. The van der Waals surface area contributed by atoms with Gasteiger partial charge in [0, 0.05) is 5.69 Å². The number of nitrogen functional groups attached to an aromatic ring is 1. The predicted octanol–water partition coefficient (Wildman–Crippen LogP) is 2.75. The first-order valence-electron chi connectivity index (χ1n) is 8.08. The van der Waals surface area contributed by atoms with Crippen LogP contribution in [-0.4, -0.2) is 26.5 Å². The molecule has 0 radical (unpaired) electrons. The van der Waals surface area contributed by atoms with Crippen molar-refractivity contribution in [3.63, 3.8) is 0 Å². The predicted molar refractivity (Wildman–Crippen MR) is 101 cm³/mol. The summed E-state index contributed by atoms with van der Waals surface area (Å²) in [6, 6.07) is 13.2. The summed E-state index contributed by atoms with van der Waals surface area (Å²) in [6.07, 6.45) is 0. The zero-order valence-electron chi connectivity index (χ0n) is 14.6. The standard InChI is InChI=1S/C18H18FN5O2S/c1-12-2-6-14(7-3-12)21-17(25)11-27-18-23-22-16(24(18)20)10-26-15-8-4-13(19)5-9-15/h2-9H,10-11,20H2,1H3,(H,21,25). The topological polar surface area (TPSA) is 95.1 Å². The molecule has 0 spiro atoms. The molecule has 3 aromatic rings. The van der Waals surface area contributed by atoms with Crippen molar-refractivity contribution in [2.75, 3.05) is 16.9 Å². The normalized spacial score (nSPS) is 10.6. The second-order valence-corrected chi connectivity index (χ2v) is 6.66. The largest absolute Gasteiger partial charge is 0.486 e. The van der Waals surface area contributed by atoms with Crippen LogP contribution in [0.15, 0.2) is 53.7 Å². The number of benzene rings is 2. The van der Waals surface area contributed by atoms with Crippen molar-refractivity contribution in [2.24, 2.45) is 0 Å². The molecule has 0 aliphatic carbocycles. The number of nitrogens with one attached hydrogen (secondary N) is 1. The van der Waals surface area contributed by atoms with Gasteiger partial charge >= 0.3 is 0 Å². The average molecular weight is 387 g/mol. The molecular weight excluding hydrogens is 369 g/mol. The first-order valence-corrected chi connectivity index (χ1v) is 9.07. The molecule has 0 aliphatic rings. The summed E-state index contributed by atoms with van der Waals surface area (Å²) in [6.45, 7) is 2.05. The van der Waals surface area contributed by atoms with Crippen molar-refractivity contribution in [3.05, 3.63) is 65.7 Å². The maximum Gasteiger partial charge on any atom is 0.234 e. The lowest BCUT2D eigenvalue weighted by Crippen LogP contribution is -2.18. The van der Waals surface area contributed by atoms with E-state index in [2.05, 4.69) is 15.5 Å². The first kappa shape index (κ1) is 18.7. The lowest BCUT2D eigenvalue weighted by molar-refractivity contribution is -0.113. The molecule has 7 nitrogen and oxygen atoms in total. The van der Waals surface area contributed by atoms with E-state index in [4.69, 9.17) is 10.6 Å². The molecular formula is C18H18FN5O2S. The Morgan fingerprint density at radius 3 is 2.59 bits per heavy atom. The van der Waals surface area contributed by atoms with Crippen molar-refractivity contribution in [2.45, 2.75) is 18.7 Å². The van der Waals surface area contributed by atoms with Gasteiger partial charge in [0.1, 0.15) is 18.2 Å². The SMILES string of the molecule is Cc1ccc(NC(=O)CSc2nnc(COc3ccc(F)cc3)n2N)cc1. The van der Waals surface area contributed by atoms with Crippen LogP contribution in [0.1, 0.15) is 11.4 Å². The molecule has 0 saturated heterocycles. The third-order valence-corrected chi connectivity index (χ3v) is 4.53. The Labute approximate surface area is 159 Å². The molecule has 3 rings (SSSR count). The van der Waals surface area contributed by atoms with Crippen LogP contribution in [-0.2, 0) is 11.4 Å². The first-order chi connectivity index (χ1) is 13.0. The van der Waals surface area contributed by atoms with E-state index in [1.165, 1.54) is 40.7 Å². The Bertz CT molecular complexity index is 913. The average Bonchev–Trinajstić information content (AvgIpc) is 3.01. The highest BCUT2D eigenvalue weighted by Crippen LogP contribution is 2.17. The summed E-state index contributed by atoms with van der Waals surface area (Å²) in [5, 5.41) is 11.1. The van der Waals surface area contributed by atoms with Gasteiger partial charge in [0.05, 0.1) is 5.75 Å². The third kappa shape index (κ3) is 5.20. The Morgan fingerprint density at radius 2 is 1.89 bits per heavy atom. The smallest absolute Gasteiger partial charge is 0.234 e. The Kier molecular flexibility index (Phi) is 5.92. The molecule has 9 heteroatoms. The Balaban J connectivity index is 1.51. The van der Waals surface area contributed by atoms with Crippen molar-refractivity contribution < 1.29 is 13.9 Å². The van der Waals surface area contributed by atoms with Crippen LogP contribution in [0.5, 0.6) is 5.75 Å². The maximum atomic E-state index is 12.9. The molecule has 0 saturated carbocycles. The van der Waals surface area contributed by atoms with Crippen molar-refractivity contribution in [1.29, 1.82) is 0 Å². The van der Waals surface area contributed by atoms with Gasteiger partial charge in [0.15, 0.2) is 5.82 Å². The third-order valence-electron chi connectivity index (χ3n) is 3.58. The summed E-state index contributed by atoms with van der Waals surface area (Å²) < 4.78 is 19.7. The number of halogens is 1. The van der Waals surface area contributed by atoms with E-state index in [-0.39, 0.29) is 24.1 Å². The van der Waals surface area contributed by atoms with Gasteiger partial charge in [-0.2, -0.15) is 0 Å². The number of rotatable bonds is 7. The van der Waals surface area contributed by atoms with Gasteiger partial charge in [-0.1, -0.05) is 29.5 Å².